The van der Waals surface area contributed by atoms with Gasteiger partial charge in [0.1, 0.15) is 0 Å². The van der Waals surface area contributed by atoms with Gasteiger partial charge in [0, 0.05) is 17.3 Å². The molecule has 158 valence electrons. The summed E-state index contributed by atoms with van der Waals surface area (Å²) in [6, 6.07) is 8.52. The number of rotatable bonds is 13. The third-order valence-electron chi connectivity index (χ3n) is 6.30. The Labute approximate surface area is 178 Å². The summed E-state index contributed by atoms with van der Waals surface area (Å²) in [6.07, 6.45) is 23.4. The van der Waals surface area contributed by atoms with Gasteiger partial charge < -0.3 is 0 Å². The van der Waals surface area contributed by atoms with Crippen LogP contribution in [0.2, 0.25) is 0 Å². The van der Waals surface area contributed by atoms with Crippen LogP contribution in [0.1, 0.15) is 108 Å². The molecule has 1 heterocycles. The molecule has 3 rings (SSSR count). The average molecular weight is 393 g/mol. The molecule has 0 amide bonds. The molecule has 0 bridgehead atoms. The summed E-state index contributed by atoms with van der Waals surface area (Å²) in [4.78, 5) is 9.88. The zero-order valence-electron chi connectivity index (χ0n) is 18.6. The Hall–Kier alpha value is -1.70. The number of pyridine rings is 1. The summed E-state index contributed by atoms with van der Waals surface area (Å²) in [5, 5.41) is 1.23. The number of nitrogens with zero attached hydrogens (tertiary/aromatic N) is 2. The predicted octanol–water partition coefficient (Wildman–Crippen LogP) is 8.52. The van der Waals surface area contributed by atoms with Gasteiger partial charge in [-0.05, 0) is 50.2 Å². The molecule has 1 aliphatic rings. The molecular weight excluding hydrogens is 352 g/mol. The van der Waals surface area contributed by atoms with Gasteiger partial charge >= 0.3 is 0 Å². The number of aryl methyl sites for hydroxylation is 1. The number of hydrogen-bond acceptors (Lipinski definition) is 2. The summed E-state index contributed by atoms with van der Waals surface area (Å²) in [5.41, 5.74) is 5.00. The quantitative estimate of drug-likeness (QED) is 0.248. The highest BCUT2D eigenvalue weighted by molar-refractivity contribution is 5.93. The van der Waals surface area contributed by atoms with Crippen molar-refractivity contribution in [3.63, 3.8) is 0 Å². The molecule has 2 nitrogen and oxygen atoms in total. The maximum absolute atomic E-state index is 4.97. The van der Waals surface area contributed by atoms with Crippen LogP contribution in [0.5, 0.6) is 0 Å². The van der Waals surface area contributed by atoms with Crippen molar-refractivity contribution >= 4 is 22.8 Å². The maximum atomic E-state index is 4.97. The topological polar surface area (TPSA) is 25.2 Å². The zero-order chi connectivity index (χ0) is 20.2. The number of aromatic nitrogens is 1. The molecule has 0 radical (unpaired) electrons. The number of unbranched alkanes of at least 4 members (excludes halogenated alkanes) is 11. The van der Waals surface area contributed by atoms with Gasteiger partial charge in [-0.25, -0.2) is 0 Å². The average Bonchev–Trinajstić information content (AvgIpc) is 2.76. The van der Waals surface area contributed by atoms with Crippen LogP contribution >= 0.6 is 0 Å². The third kappa shape index (κ3) is 6.94. The van der Waals surface area contributed by atoms with E-state index in [9.17, 15) is 0 Å². The number of benzene rings is 1. The number of fused-ring (bicyclic) bond motifs is 2. The molecule has 0 spiro atoms. The number of aliphatic imine (C=N–C) groups is 1. The fraction of sp³-hybridized carbons (Fsp3) is 0.630. The first kappa shape index (κ1) is 22.0. The minimum Gasteiger partial charge on any atom is -0.260 e. The SMILES string of the molecule is CCCCCCCCCCCCCC=Nc1c2c(nc3ccccc13)CCCC2. The molecule has 0 saturated carbocycles. The van der Waals surface area contributed by atoms with Gasteiger partial charge in [0.25, 0.3) is 0 Å². The molecule has 0 saturated heterocycles. The third-order valence-corrected chi connectivity index (χ3v) is 6.30. The Morgan fingerprint density at radius 1 is 0.828 bits per heavy atom. The molecule has 0 fully saturated rings. The van der Waals surface area contributed by atoms with Crippen molar-refractivity contribution in [1.82, 2.24) is 4.98 Å². The van der Waals surface area contributed by atoms with Gasteiger partial charge in [0.15, 0.2) is 0 Å². The molecule has 0 atom stereocenters. The maximum Gasteiger partial charge on any atom is 0.0769 e. The smallest absolute Gasteiger partial charge is 0.0769 e. The molecular formula is C27H40N2. The summed E-state index contributed by atoms with van der Waals surface area (Å²) in [7, 11) is 0. The molecule has 0 N–H and O–H groups in total. The molecule has 29 heavy (non-hydrogen) atoms. The van der Waals surface area contributed by atoms with Crippen LogP contribution in [-0.4, -0.2) is 11.2 Å². The van der Waals surface area contributed by atoms with Crippen LogP contribution in [0.25, 0.3) is 10.9 Å². The van der Waals surface area contributed by atoms with Gasteiger partial charge in [-0.3, -0.25) is 9.98 Å². The Kier molecular flexibility index (Phi) is 9.69. The normalized spacial score (nSPS) is 14.0. The van der Waals surface area contributed by atoms with Crippen molar-refractivity contribution in [2.75, 3.05) is 0 Å². The highest BCUT2D eigenvalue weighted by atomic mass is 14.8. The first-order valence-electron chi connectivity index (χ1n) is 12.3. The molecule has 0 unspecified atom stereocenters. The van der Waals surface area contributed by atoms with Gasteiger partial charge in [-0.1, -0.05) is 89.3 Å². The Balaban J connectivity index is 1.39. The highest BCUT2D eigenvalue weighted by Crippen LogP contribution is 2.35. The van der Waals surface area contributed by atoms with E-state index in [-0.39, 0.29) is 0 Å². The van der Waals surface area contributed by atoms with Gasteiger partial charge in [0.2, 0.25) is 0 Å². The van der Waals surface area contributed by atoms with Gasteiger partial charge in [-0.2, -0.15) is 0 Å². The van der Waals surface area contributed by atoms with E-state index in [0.717, 1.165) is 24.8 Å². The standard InChI is InChI=1S/C27H40N2/c1-2-3-4-5-6-7-8-9-10-11-12-17-22-28-27-23-18-13-15-20-25(23)29-26-21-16-14-19-24(26)27/h13,15,18,20,22H,2-12,14,16-17,19,21H2,1H3. The van der Waals surface area contributed by atoms with Crippen LogP contribution in [0.4, 0.5) is 5.69 Å². The van der Waals surface area contributed by atoms with Crippen LogP contribution < -0.4 is 0 Å². The number of para-hydroxylation sites is 1. The number of hydrogen-bond donors (Lipinski definition) is 0. The fourth-order valence-electron chi connectivity index (χ4n) is 4.55. The van der Waals surface area contributed by atoms with E-state index >= 15 is 0 Å². The lowest BCUT2D eigenvalue weighted by molar-refractivity contribution is 0.552. The highest BCUT2D eigenvalue weighted by Gasteiger charge is 2.17. The summed E-state index contributed by atoms with van der Waals surface area (Å²) < 4.78 is 0. The van der Waals surface area contributed by atoms with E-state index in [0.29, 0.717) is 0 Å². The summed E-state index contributed by atoms with van der Waals surface area (Å²) in [6.45, 7) is 2.29. The second kappa shape index (κ2) is 12.8. The van der Waals surface area contributed by atoms with Crippen molar-refractivity contribution in [1.29, 1.82) is 0 Å². The fourth-order valence-corrected chi connectivity index (χ4v) is 4.55. The largest absolute Gasteiger partial charge is 0.260 e. The van der Waals surface area contributed by atoms with Crippen molar-refractivity contribution in [3.05, 3.63) is 35.5 Å². The van der Waals surface area contributed by atoms with Gasteiger partial charge in [-0.15, -0.1) is 0 Å². The monoisotopic (exact) mass is 392 g/mol. The lowest BCUT2D eigenvalue weighted by atomic mass is 9.93. The van der Waals surface area contributed by atoms with E-state index in [1.807, 2.05) is 0 Å². The van der Waals surface area contributed by atoms with E-state index in [1.165, 1.54) is 106 Å². The van der Waals surface area contributed by atoms with E-state index in [1.54, 1.807) is 0 Å². The first-order chi connectivity index (χ1) is 14.4. The van der Waals surface area contributed by atoms with Gasteiger partial charge in [0.05, 0.1) is 11.2 Å². The molecule has 1 aromatic heterocycles. The van der Waals surface area contributed by atoms with Crippen molar-refractivity contribution in [2.45, 2.75) is 110 Å². The lowest BCUT2D eigenvalue weighted by Gasteiger charge is -2.18. The minimum atomic E-state index is 1.10. The summed E-state index contributed by atoms with van der Waals surface area (Å²) in [5.74, 6) is 0. The van der Waals surface area contributed by atoms with E-state index < -0.39 is 0 Å². The molecule has 0 aliphatic heterocycles. The van der Waals surface area contributed by atoms with Crippen molar-refractivity contribution in [3.8, 4) is 0 Å². The molecule has 1 aromatic carbocycles. The Morgan fingerprint density at radius 3 is 2.24 bits per heavy atom. The van der Waals surface area contributed by atoms with Crippen LogP contribution in [-0.2, 0) is 12.8 Å². The second-order valence-electron chi connectivity index (χ2n) is 8.75. The summed E-state index contributed by atoms with van der Waals surface area (Å²) >= 11 is 0. The lowest BCUT2D eigenvalue weighted by Crippen LogP contribution is -2.06. The van der Waals surface area contributed by atoms with E-state index in [2.05, 4.69) is 37.4 Å². The Morgan fingerprint density at radius 2 is 1.48 bits per heavy atom. The second-order valence-corrected chi connectivity index (χ2v) is 8.75. The molecule has 2 heteroatoms. The van der Waals surface area contributed by atoms with Crippen LogP contribution in [0, 0.1) is 0 Å². The van der Waals surface area contributed by atoms with Crippen LogP contribution in [0.3, 0.4) is 0 Å². The first-order valence-corrected chi connectivity index (χ1v) is 12.3. The Bertz CT molecular complexity index is 762. The minimum absolute atomic E-state index is 1.10. The zero-order valence-corrected chi connectivity index (χ0v) is 18.6. The van der Waals surface area contributed by atoms with Crippen molar-refractivity contribution < 1.29 is 0 Å². The van der Waals surface area contributed by atoms with Crippen LogP contribution in [0.15, 0.2) is 29.3 Å². The van der Waals surface area contributed by atoms with Crippen molar-refractivity contribution in [2.24, 2.45) is 4.99 Å². The van der Waals surface area contributed by atoms with E-state index in [4.69, 9.17) is 9.98 Å². The molecule has 2 aromatic rings. The predicted molar refractivity (Wildman–Crippen MR) is 128 cm³/mol. The molecule has 1 aliphatic carbocycles.